The Kier molecular flexibility index (Phi) is 17.7. The fourth-order valence-corrected chi connectivity index (χ4v) is 14.8. The summed E-state index contributed by atoms with van der Waals surface area (Å²) in [7, 11) is 0. The first-order chi connectivity index (χ1) is 33.3. The Morgan fingerprint density at radius 2 is 0.986 bits per heavy atom. The molecule has 4 saturated carbocycles. The molecule has 4 aliphatic carbocycles. The van der Waals surface area contributed by atoms with Crippen LogP contribution in [0.3, 0.4) is 0 Å². The summed E-state index contributed by atoms with van der Waals surface area (Å²) in [5, 5.41) is 150. The van der Waals surface area contributed by atoms with Crippen LogP contribution < -0.4 is 0 Å². The maximum atomic E-state index is 11.8. The Balaban J connectivity index is 1.06. The molecule has 8 fully saturated rings. The van der Waals surface area contributed by atoms with Gasteiger partial charge in [-0.3, -0.25) is 0 Å². The molecule has 0 radical (unpaired) electrons. The van der Waals surface area contributed by atoms with Gasteiger partial charge in [0, 0.05) is 5.41 Å². The number of rotatable bonds is 15. The van der Waals surface area contributed by atoms with Gasteiger partial charge in [-0.15, -0.1) is 0 Å². The number of fused-ring (bicyclic) bond motifs is 5. The first-order valence-electron chi connectivity index (χ1n) is 25.8. The van der Waals surface area contributed by atoms with Gasteiger partial charge in [-0.05, 0) is 79.4 Å². The third-order valence-electron chi connectivity index (χ3n) is 18.7. The first kappa shape index (κ1) is 55.4. The summed E-state index contributed by atoms with van der Waals surface area (Å²) < 4.78 is 49.2. The summed E-state index contributed by atoms with van der Waals surface area (Å²) in [5.74, 6) is 0.345. The molecule has 0 aromatic carbocycles. The van der Waals surface area contributed by atoms with Gasteiger partial charge >= 0.3 is 0 Å². The average Bonchev–Trinajstić information content (AvgIpc) is 3.71. The van der Waals surface area contributed by atoms with Crippen LogP contribution in [0.4, 0.5) is 0 Å². The second-order valence-corrected chi connectivity index (χ2v) is 22.3. The van der Waals surface area contributed by atoms with Gasteiger partial charge in [-0.1, -0.05) is 53.4 Å². The van der Waals surface area contributed by atoms with Gasteiger partial charge in [-0.2, -0.15) is 0 Å². The van der Waals surface area contributed by atoms with Crippen LogP contribution in [0.5, 0.6) is 0 Å². The van der Waals surface area contributed by atoms with Crippen molar-refractivity contribution in [2.75, 3.05) is 26.4 Å². The molecule has 406 valence electrons. The molecule has 0 spiro atoms. The number of aliphatic hydroxyl groups excluding tert-OH is 14. The van der Waals surface area contributed by atoms with Crippen molar-refractivity contribution >= 4 is 0 Å². The minimum Gasteiger partial charge on any atom is -0.394 e. The van der Waals surface area contributed by atoms with E-state index in [1.807, 2.05) is 0 Å². The molecule has 14 N–H and O–H groups in total. The molecule has 0 aromatic heterocycles. The molecule has 22 nitrogen and oxygen atoms in total. The molecule has 9 unspecified atom stereocenters. The molecular formula is C48H82O22. The van der Waals surface area contributed by atoms with Crippen molar-refractivity contribution in [3.05, 3.63) is 0 Å². The van der Waals surface area contributed by atoms with E-state index < -0.39 is 167 Å². The van der Waals surface area contributed by atoms with Crippen molar-refractivity contribution in [1.82, 2.24) is 0 Å². The van der Waals surface area contributed by atoms with Crippen molar-refractivity contribution in [3.8, 4) is 0 Å². The van der Waals surface area contributed by atoms with E-state index in [0.29, 0.717) is 12.8 Å². The van der Waals surface area contributed by atoms with Crippen molar-refractivity contribution < 1.29 is 109 Å². The standard InChI is InChI=1S/C48H82O22/c1-5-8-19(2)21-10-11-22-30-23(14-29(48(21,22)4)68-44-40(62)36(58)42(28(18-52)67-44)70-46-38(60)34(56)32(54)26(16-50)65-46)47(3)12-7-6-9-20(47)13-24(30)63-43-39(61)35(57)41(27(17-51)66-43)69-45-37(59)33(55)31(53)25(15-49)64-45/h19-46,49-62H,5-18H2,1-4H3/t19-,20+,21-,22+,23+,24-,25?,26?,27?,28?,29+,30?,31-,32-,33?,34+,35?,36?,37+,38?,39+,40+,41-,42-,43-,44+,45-,46-,47+,48-/m1/s1. The number of ether oxygens (including phenoxy) is 8. The molecule has 0 bridgehead atoms. The summed E-state index contributed by atoms with van der Waals surface area (Å²) in [6, 6.07) is 0. The fraction of sp³-hybridized carbons (Fsp3) is 1.00. The van der Waals surface area contributed by atoms with E-state index in [4.69, 9.17) is 37.9 Å². The molecule has 4 saturated heterocycles. The maximum absolute atomic E-state index is 11.8. The lowest BCUT2D eigenvalue weighted by atomic mass is 9.43. The topological polar surface area (TPSA) is 357 Å². The van der Waals surface area contributed by atoms with Gasteiger partial charge in [0.25, 0.3) is 0 Å². The number of hydrogen-bond acceptors (Lipinski definition) is 22. The molecule has 70 heavy (non-hydrogen) atoms. The predicted octanol–water partition coefficient (Wildman–Crippen LogP) is -3.29. The zero-order chi connectivity index (χ0) is 50.7. The summed E-state index contributed by atoms with van der Waals surface area (Å²) in [6.07, 6.45) is -24.4. The molecule has 0 amide bonds. The Morgan fingerprint density at radius 1 is 0.514 bits per heavy atom. The number of aliphatic hydroxyl groups is 14. The van der Waals surface area contributed by atoms with E-state index in [-0.39, 0.29) is 40.9 Å². The summed E-state index contributed by atoms with van der Waals surface area (Å²) in [6.45, 7) is 6.06. The van der Waals surface area contributed by atoms with Gasteiger partial charge in [0.05, 0.1) is 38.6 Å². The molecule has 4 aliphatic heterocycles. The summed E-state index contributed by atoms with van der Waals surface area (Å²) in [4.78, 5) is 0. The molecule has 8 aliphatic rings. The maximum Gasteiger partial charge on any atom is 0.187 e. The fourth-order valence-electron chi connectivity index (χ4n) is 14.8. The van der Waals surface area contributed by atoms with Crippen LogP contribution in [0.2, 0.25) is 0 Å². The minimum atomic E-state index is -1.81. The van der Waals surface area contributed by atoms with Crippen LogP contribution in [0.1, 0.15) is 91.9 Å². The SMILES string of the molecule is CCC[C@@H](C)[C@H]1CC[C@H]2C3[C@H](O[C@@H]4OC(CO)[C@@H](O[C@H]5OC(CO)[C@@H](O)C(O)[C@@H]5O)C(O)[C@@H]4O)C[C@@H]4CCCC[C@]4(C)[C@H]3C[C@H](O[C@@H]3OC(CO)[C@@H](O[C@H]4OC(CO)[C@@H](O)[C@H](O)C4O)C(O)[C@@H]3O)[C@]12C. The van der Waals surface area contributed by atoms with E-state index in [1.165, 1.54) is 0 Å². The molecule has 0 aromatic rings. The monoisotopic (exact) mass is 1010 g/mol. The Morgan fingerprint density at radius 3 is 1.49 bits per heavy atom. The van der Waals surface area contributed by atoms with Crippen molar-refractivity contribution in [2.24, 2.45) is 46.3 Å². The quantitative estimate of drug-likeness (QED) is 0.0715. The van der Waals surface area contributed by atoms with Gasteiger partial charge < -0.3 is 109 Å². The minimum absolute atomic E-state index is 0.0389. The zero-order valence-corrected chi connectivity index (χ0v) is 40.6. The molecular weight excluding hydrogens is 929 g/mol. The smallest absolute Gasteiger partial charge is 0.187 e. The Labute approximate surface area is 408 Å². The molecule has 30 atom stereocenters. The van der Waals surface area contributed by atoms with Crippen LogP contribution in [-0.4, -0.2) is 233 Å². The van der Waals surface area contributed by atoms with Gasteiger partial charge in [-0.25, -0.2) is 0 Å². The molecule has 22 heteroatoms. The van der Waals surface area contributed by atoms with Gasteiger partial charge in [0.15, 0.2) is 25.2 Å². The largest absolute Gasteiger partial charge is 0.394 e. The van der Waals surface area contributed by atoms with E-state index in [1.54, 1.807) is 0 Å². The summed E-state index contributed by atoms with van der Waals surface area (Å²) >= 11 is 0. The molecule has 8 rings (SSSR count). The van der Waals surface area contributed by atoms with Crippen LogP contribution in [0.15, 0.2) is 0 Å². The highest BCUT2D eigenvalue weighted by Gasteiger charge is 2.68. The lowest BCUT2D eigenvalue weighted by molar-refractivity contribution is -0.375. The Bertz CT molecular complexity index is 1680. The molecule has 4 heterocycles. The van der Waals surface area contributed by atoms with E-state index in [2.05, 4.69) is 27.7 Å². The highest BCUT2D eigenvalue weighted by atomic mass is 16.8. The van der Waals surface area contributed by atoms with E-state index in [0.717, 1.165) is 51.4 Å². The highest BCUT2D eigenvalue weighted by Crippen LogP contribution is 2.69. The second-order valence-electron chi connectivity index (χ2n) is 22.3. The van der Waals surface area contributed by atoms with Gasteiger partial charge in [0.2, 0.25) is 0 Å². The predicted molar refractivity (Wildman–Crippen MR) is 237 cm³/mol. The van der Waals surface area contributed by atoms with Crippen LogP contribution >= 0.6 is 0 Å². The lowest BCUT2D eigenvalue weighted by Crippen LogP contribution is -2.67. The normalized spacial score (nSPS) is 54.5. The van der Waals surface area contributed by atoms with Crippen LogP contribution in [0, 0.1) is 46.3 Å². The summed E-state index contributed by atoms with van der Waals surface area (Å²) in [5.41, 5.74) is -0.767. The van der Waals surface area contributed by atoms with Crippen molar-refractivity contribution in [1.29, 1.82) is 0 Å². The van der Waals surface area contributed by atoms with Crippen molar-refractivity contribution in [2.45, 2.75) is 227 Å². The average molecular weight is 1010 g/mol. The number of hydrogen-bond donors (Lipinski definition) is 14. The van der Waals surface area contributed by atoms with Gasteiger partial charge in [0.1, 0.15) is 97.7 Å². The second kappa shape index (κ2) is 22.4. The van der Waals surface area contributed by atoms with Crippen LogP contribution in [-0.2, 0) is 37.9 Å². The van der Waals surface area contributed by atoms with Crippen LogP contribution in [0.25, 0.3) is 0 Å². The third kappa shape index (κ3) is 9.79. The first-order valence-corrected chi connectivity index (χ1v) is 25.8. The Hall–Kier alpha value is -0.880. The third-order valence-corrected chi connectivity index (χ3v) is 18.7. The lowest BCUT2D eigenvalue weighted by Gasteiger charge is -2.65. The zero-order valence-electron chi connectivity index (χ0n) is 40.6. The van der Waals surface area contributed by atoms with Crippen molar-refractivity contribution in [3.63, 3.8) is 0 Å². The van der Waals surface area contributed by atoms with E-state index >= 15 is 0 Å². The highest BCUT2D eigenvalue weighted by molar-refractivity contribution is 5.15. The van der Waals surface area contributed by atoms with E-state index in [9.17, 15) is 71.5 Å².